The molecule has 5 nitrogen and oxygen atoms in total. The molecule has 1 fully saturated rings. The van der Waals surface area contributed by atoms with Crippen molar-refractivity contribution in [2.24, 2.45) is 11.7 Å². The van der Waals surface area contributed by atoms with Gasteiger partial charge in [-0.3, -0.25) is 0 Å². The average Bonchev–Trinajstić information content (AvgIpc) is 3.04. The predicted molar refractivity (Wildman–Crippen MR) is 76.4 cm³/mol. The zero-order chi connectivity index (χ0) is 13.2. The summed E-state index contributed by atoms with van der Waals surface area (Å²) in [6.45, 7) is 0.612. The molecule has 1 atom stereocenters. The molecule has 1 saturated carbocycles. The molecule has 1 aliphatic carbocycles. The standard InChI is InChI=1S/C13H18ClN5/c14-10-5-6-12-17-13(18-19(12)8-10)16-11(7-15)9-3-1-2-4-9/h5-6,8-9,11H,1-4,7,15H2,(H,16,18). The average molecular weight is 280 g/mol. The lowest BCUT2D eigenvalue weighted by Gasteiger charge is -2.22. The maximum absolute atomic E-state index is 5.94. The molecule has 0 amide bonds. The molecule has 3 N–H and O–H groups in total. The molecule has 0 aliphatic heterocycles. The highest BCUT2D eigenvalue weighted by atomic mass is 35.5. The number of nitrogens with zero attached hydrogens (tertiary/aromatic N) is 3. The number of halogens is 1. The van der Waals surface area contributed by atoms with Crippen molar-refractivity contribution < 1.29 is 0 Å². The van der Waals surface area contributed by atoms with E-state index in [1.54, 1.807) is 10.7 Å². The molecular weight excluding hydrogens is 262 g/mol. The van der Waals surface area contributed by atoms with E-state index in [4.69, 9.17) is 17.3 Å². The lowest BCUT2D eigenvalue weighted by Crippen LogP contribution is -2.35. The van der Waals surface area contributed by atoms with E-state index in [1.807, 2.05) is 12.1 Å². The Bertz CT molecular complexity index is 561. The second-order valence-electron chi connectivity index (χ2n) is 5.12. The van der Waals surface area contributed by atoms with E-state index in [0.29, 0.717) is 23.4 Å². The number of hydrogen-bond acceptors (Lipinski definition) is 4. The SMILES string of the molecule is NCC(Nc1nc2ccc(Cl)cn2n1)C1CCCC1. The Hall–Kier alpha value is -1.33. The summed E-state index contributed by atoms with van der Waals surface area (Å²) in [5.74, 6) is 1.27. The molecule has 1 aliphatic rings. The zero-order valence-electron chi connectivity index (χ0n) is 10.7. The summed E-state index contributed by atoms with van der Waals surface area (Å²) >= 11 is 5.94. The van der Waals surface area contributed by atoms with Crippen LogP contribution in [0.3, 0.4) is 0 Å². The molecule has 2 aromatic rings. The molecule has 0 radical (unpaired) electrons. The first-order chi connectivity index (χ1) is 9.26. The number of nitrogens with two attached hydrogens (primary N) is 1. The van der Waals surface area contributed by atoms with E-state index in [1.165, 1.54) is 25.7 Å². The number of anilines is 1. The Morgan fingerprint density at radius 2 is 2.21 bits per heavy atom. The molecule has 0 bridgehead atoms. The molecule has 0 spiro atoms. The Morgan fingerprint density at radius 3 is 2.95 bits per heavy atom. The molecule has 0 saturated heterocycles. The normalized spacial score (nSPS) is 18.0. The molecule has 102 valence electrons. The van der Waals surface area contributed by atoms with Crippen LogP contribution in [0.4, 0.5) is 5.95 Å². The third-order valence-electron chi connectivity index (χ3n) is 3.83. The van der Waals surface area contributed by atoms with Crippen LogP contribution in [-0.4, -0.2) is 27.2 Å². The minimum Gasteiger partial charge on any atom is -0.349 e. The monoisotopic (exact) mass is 279 g/mol. The number of rotatable bonds is 4. The van der Waals surface area contributed by atoms with Gasteiger partial charge >= 0.3 is 0 Å². The molecule has 2 heterocycles. The van der Waals surface area contributed by atoms with Crippen molar-refractivity contribution in [2.75, 3.05) is 11.9 Å². The van der Waals surface area contributed by atoms with Crippen molar-refractivity contribution in [3.8, 4) is 0 Å². The van der Waals surface area contributed by atoms with Gasteiger partial charge in [0.25, 0.3) is 0 Å². The van der Waals surface area contributed by atoms with Gasteiger partial charge in [0.05, 0.1) is 5.02 Å². The highest BCUT2D eigenvalue weighted by Crippen LogP contribution is 2.28. The van der Waals surface area contributed by atoms with Crippen LogP contribution in [0.2, 0.25) is 5.02 Å². The van der Waals surface area contributed by atoms with Crippen LogP contribution in [-0.2, 0) is 0 Å². The summed E-state index contributed by atoms with van der Waals surface area (Å²) < 4.78 is 1.69. The third-order valence-corrected chi connectivity index (χ3v) is 4.06. The zero-order valence-corrected chi connectivity index (χ0v) is 11.5. The van der Waals surface area contributed by atoms with E-state index in [0.717, 1.165) is 5.65 Å². The van der Waals surface area contributed by atoms with Gasteiger partial charge in [0.15, 0.2) is 5.65 Å². The number of hydrogen-bond donors (Lipinski definition) is 2. The second kappa shape index (κ2) is 5.35. The summed E-state index contributed by atoms with van der Waals surface area (Å²) in [4.78, 5) is 4.44. The quantitative estimate of drug-likeness (QED) is 0.901. The molecule has 0 aromatic carbocycles. The van der Waals surface area contributed by atoms with E-state index < -0.39 is 0 Å². The molecule has 19 heavy (non-hydrogen) atoms. The van der Waals surface area contributed by atoms with Crippen molar-refractivity contribution in [3.05, 3.63) is 23.4 Å². The lowest BCUT2D eigenvalue weighted by atomic mass is 9.98. The number of pyridine rings is 1. The van der Waals surface area contributed by atoms with Gasteiger partial charge in [0.2, 0.25) is 5.95 Å². The van der Waals surface area contributed by atoms with Gasteiger partial charge < -0.3 is 11.1 Å². The smallest absolute Gasteiger partial charge is 0.243 e. The number of fused-ring (bicyclic) bond motifs is 1. The van der Waals surface area contributed by atoms with Gasteiger partial charge in [-0.25, -0.2) is 4.52 Å². The van der Waals surface area contributed by atoms with Crippen molar-refractivity contribution >= 4 is 23.2 Å². The van der Waals surface area contributed by atoms with E-state index in [2.05, 4.69) is 15.4 Å². The maximum atomic E-state index is 5.94. The molecular formula is C13H18ClN5. The molecule has 1 unspecified atom stereocenters. The van der Waals surface area contributed by atoms with Gasteiger partial charge in [-0.1, -0.05) is 24.4 Å². The molecule has 6 heteroatoms. The number of nitrogens with one attached hydrogen (secondary N) is 1. The van der Waals surface area contributed by atoms with Crippen LogP contribution in [0.5, 0.6) is 0 Å². The van der Waals surface area contributed by atoms with Crippen LogP contribution in [0.1, 0.15) is 25.7 Å². The molecule has 2 aromatic heterocycles. The minimum atomic E-state index is 0.260. The Morgan fingerprint density at radius 1 is 1.42 bits per heavy atom. The fourth-order valence-electron chi connectivity index (χ4n) is 2.81. The van der Waals surface area contributed by atoms with Gasteiger partial charge in [0.1, 0.15) is 0 Å². The van der Waals surface area contributed by atoms with Crippen LogP contribution in [0.15, 0.2) is 18.3 Å². The Balaban J connectivity index is 1.79. The Kier molecular flexibility index (Phi) is 3.57. The largest absolute Gasteiger partial charge is 0.349 e. The fourth-order valence-corrected chi connectivity index (χ4v) is 2.97. The first kappa shape index (κ1) is 12.7. The lowest BCUT2D eigenvalue weighted by molar-refractivity contribution is 0.460. The summed E-state index contributed by atoms with van der Waals surface area (Å²) in [7, 11) is 0. The summed E-state index contributed by atoms with van der Waals surface area (Å²) in [6.07, 6.45) is 6.85. The Labute approximate surface area is 117 Å². The molecule has 3 rings (SSSR count). The van der Waals surface area contributed by atoms with Gasteiger partial charge in [-0.05, 0) is 30.9 Å². The maximum Gasteiger partial charge on any atom is 0.243 e. The fraction of sp³-hybridized carbons (Fsp3) is 0.538. The summed E-state index contributed by atoms with van der Waals surface area (Å²) in [5.41, 5.74) is 6.66. The van der Waals surface area contributed by atoms with Crippen molar-refractivity contribution in [2.45, 2.75) is 31.7 Å². The van der Waals surface area contributed by atoms with Gasteiger partial charge in [-0.15, -0.1) is 5.10 Å². The first-order valence-electron chi connectivity index (χ1n) is 6.75. The highest BCUT2D eigenvalue weighted by molar-refractivity contribution is 6.30. The van der Waals surface area contributed by atoms with E-state index in [9.17, 15) is 0 Å². The van der Waals surface area contributed by atoms with Gasteiger partial charge in [0, 0.05) is 18.8 Å². The van der Waals surface area contributed by atoms with Crippen molar-refractivity contribution in [3.63, 3.8) is 0 Å². The second-order valence-corrected chi connectivity index (χ2v) is 5.55. The highest BCUT2D eigenvalue weighted by Gasteiger charge is 2.24. The van der Waals surface area contributed by atoms with Crippen LogP contribution in [0, 0.1) is 5.92 Å². The van der Waals surface area contributed by atoms with Crippen LogP contribution >= 0.6 is 11.6 Å². The van der Waals surface area contributed by atoms with Crippen LogP contribution < -0.4 is 11.1 Å². The van der Waals surface area contributed by atoms with Crippen molar-refractivity contribution in [1.82, 2.24) is 14.6 Å². The number of aromatic nitrogens is 3. The summed E-state index contributed by atoms with van der Waals surface area (Å²) in [5, 5.41) is 8.40. The van der Waals surface area contributed by atoms with E-state index >= 15 is 0 Å². The van der Waals surface area contributed by atoms with Crippen molar-refractivity contribution in [1.29, 1.82) is 0 Å². The predicted octanol–water partition coefficient (Wildman–Crippen LogP) is 2.31. The first-order valence-corrected chi connectivity index (χ1v) is 7.12. The van der Waals surface area contributed by atoms with Gasteiger partial charge in [-0.2, -0.15) is 4.98 Å². The topological polar surface area (TPSA) is 68.2 Å². The minimum absolute atomic E-state index is 0.260. The summed E-state index contributed by atoms with van der Waals surface area (Å²) in [6, 6.07) is 3.93. The van der Waals surface area contributed by atoms with E-state index in [-0.39, 0.29) is 6.04 Å². The van der Waals surface area contributed by atoms with Crippen LogP contribution in [0.25, 0.3) is 5.65 Å². The third kappa shape index (κ3) is 2.67.